The van der Waals surface area contributed by atoms with Gasteiger partial charge in [0.2, 0.25) is 0 Å². The number of carbonyl (C=O) groups excluding carboxylic acids is 1. The summed E-state index contributed by atoms with van der Waals surface area (Å²) in [7, 11) is 0. The van der Waals surface area contributed by atoms with Crippen molar-refractivity contribution >= 4 is 29.3 Å². The van der Waals surface area contributed by atoms with Crippen LogP contribution in [-0.2, 0) is 21.3 Å². The molecule has 3 heteroatoms. The Bertz CT molecular complexity index is 31.8. The molecule has 2 radical (unpaired) electrons. The van der Waals surface area contributed by atoms with Crippen molar-refractivity contribution in [1.82, 2.24) is 0 Å². The number of rotatable bonds is 1. The molecule has 6 heavy (non-hydrogen) atoms. The molecule has 0 saturated carbocycles. The Morgan fingerprint density at radius 3 is 1.83 bits per heavy atom. The van der Waals surface area contributed by atoms with Crippen molar-refractivity contribution in [2.24, 2.45) is 0 Å². The van der Waals surface area contributed by atoms with E-state index in [0.717, 1.165) is 6.08 Å². The molecular weight excluding hydrogens is 135 g/mol. The molecule has 0 amide bonds. The average Bonchev–Trinajstić information content (AvgIpc) is 1.37. The van der Waals surface area contributed by atoms with Gasteiger partial charge in [-0.15, -0.1) is 0 Å². The summed E-state index contributed by atoms with van der Waals surface area (Å²) >= 11 is 0. The molecule has 34 valence electrons. The standard InChI is InChI=1S/C3H3O.Mg.Ni/c1-2-3-4;;/h2H,1H2;;/q-1;;. The summed E-state index contributed by atoms with van der Waals surface area (Å²) in [5.74, 6) is 0. The molecule has 0 aromatic heterocycles. The SMILES string of the molecule is C=C[C-]=O.[Mg].[Ni]. The van der Waals surface area contributed by atoms with Crippen LogP contribution in [0.1, 0.15) is 0 Å². The summed E-state index contributed by atoms with van der Waals surface area (Å²) in [5, 5.41) is 0. The maximum Gasteiger partial charge on any atom is 0 e. The minimum Gasteiger partial charge on any atom is -0.419 e. The minimum absolute atomic E-state index is 0. The van der Waals surface area contributed by atoms with Crippen LogP contribution in [0.15, 0.2) is 12.7 Å². The van der Waals surface area contributed by atoms with E-state index in [-0.39, 0.29) is 39.5 Å². The molecule has 0 heterocycles. The Kier molecular flexibility index (Phi) is 46.0. The first kappa shape index (κ1) is 15.9. The van der Waals surface area contributed by atoms with E-state index in [1.54, 1.807) is 0 Å². The first-order valence-electron chi connectivity index (χ1n) is 0.901. The largest absolute Gasteiger partial charge is 0.419 e. The van der Waals surface area contributed by atoms with E-state index in [2.05, 4.69) is 6.58 Å². The van der Waals surface area contributed by atoms with Gasteiger partial charge in [0, 0.05) is 39.5 Å². The van der Waals surface area contributed by atoms with Crippen molar-refractivity contribution in [3.8, 4) is 0 Å². The van der Waals surface area contributed by atoms with Crippen LogP contribution in [0.4, 0.5) is 0 Å². The predicted molar refractivity (Wildman–Crippen MR) is 21.6 cm³/mol. The second-order valence-electron chi connectivity index (χ2n) is 0.322. The van der Waals surface area contributed by atoms with E-state index < -0.39 is 0 Å². The van der Waals surface area contributed by atoms with Crippen LogP contribution in [0, 0.1) is 0 Å². The molecule has 0 unspecified atom stereocenters. The van der Waals surface area contributed by atoms with Crippen LogP contribution in [0.25, 0.3) is 0 Å². The van der Waals surface area contributed by atoms with E-state index in [1.807, 2.05) is 0 Å². The van der Waals surface area contributed by atoms with Crippen LogP contribution >= 0.6 is 0 Å². The summed E-state index contributed by atoms with van der Waals surface area (Å²) in [4.78, 5) is 8.93. The summed E-state index contributed by atoms with van der Waals surface area (Å²) in [6, 6.07) is 0. The van der Waals surface area contributed by atoms with Gasteiger partial charge in [-0.2, -0.15) is 0 Å². The van der Waals surface area contributed by atoms with Gasteiger partial charge >= 0.3 is 0 Å². The van der Waals surface area contributed by atoms with Crippen molar-refractivity contribution in [2.45, 2.75) is 0 Å². The van der Waals surface area contributed by atoms with E-state index in [4.69, 9.17) is 4.79 Å². The van der Waals surface area contributed by atoms with Crippen LogP contribution in [-0.4, -0.2) is 29.3 Å². The Labute approximate surface area is 63.3 Å². The molecule has 0 atom stereocenters. The van der Waals surface area contributed by atoms with Gasteiger partial charge in [0.25, 0.3) is 0 Å². The summed E-state index contributed by atoms with van der Waals surface area (Å²) < 4.78 is 0. The fourth-order valence-corrected chi connectivity index (χ4v) is 0. The van der Waals surface area contributed by atoms with Crippen LogP contribution in [0.3, 0.4) is 0 Å². The minimum atomic E-state index is 0. The molecule has 0 aliphatic heterocycles. The molecule has 0 aromatic carbocycles. The monoisotopic (exact) mass is 137 g/mol. The second-order valence-corrected chi connectivity index (χ2v) is 0.322. The molecule has 0 aromatic rings. The Hall–Kier alpha value is 0.670. The van der Waals surface area contributed by atoms with E-state index in [9.17, 15) is 0 Å². The molecule has 0 aliphatic carbocycles. The van der Waals surface area contributed by atoms with Gasteiger partial charge in [0.05, 0.1) is 0 Å². The fourth-order valence-electron chi connectivity index (χ4n) is 0. The van der Waals surface area contributed by atoms with Crippen molar-refractivity contribution in [2.75, 3.05) is 0 Å². The quantitative estimate of drug-likeness (QED) is 0.281. The zero-order valence-electron chi connectivity index (χ0n) is 3.22. The molecule has 0 bridgehead atoms. The second kappa shape index (κ2) is 17.3. The predicted octanol–water partition coefficient (Wildman–Crippen LogP) is -0.101. The van der Waals surface area contributed by atoms with E-state index in [0.29, 0.717) is 0 Å². The van der Waals surface area contributed by atoms with Crippen molar-refractivity contribution in [3.05, 3.63) is 12.7 Å². The van der Waals surface area contributed by atoms with Gasteiger partial charge in [-0.25, -0.2) is 12.7 Å². The van der Waals surface area contributed by atoms with Gasteiger partial charge < -0.3 is 4.79 Å². The molecule has 0 spiro atoms. The van der Waals surface area contributed by atoms with Crippen LogP contribution in [0.2, 0.25) is 0 Å². The third kappa shape index (κ3) is 22.6. The molecule has 0 rings (SSSR count). The Morgan fingerprint density at radius 2 is 1.83 bits per heavy atom. The Morgan fingerprint density at radius 1 is 1.67 bits per heavy atom. The maximum absolute atomic E-state index is 8.93. The summed E-state index contributed by atoms with van der Waals surface area (Å²) in [5.41, 5.74) is 0. The number of hydrogen-bond donors (Lipinski definition) is 0. The zero-order valence-corrected chi connectivity index (χ0v) is 5.62. The summed E-state index contributed by atoms with van der Waals surface area (Å²) in [6.45, 7) is 3.06. The number of hydrogen-bond acceptors (Lipinski definition) is 1. The number of allylic oxidation sites excluding steroid dienone is 1. The molecular formula is C3H3MgNiO-. The fraction of sp³-hybridized carbons (Fsp3) is 0. The van der Waals surface area contributed by atoms with Gasteiger partial charge in [0.1, 0.15) is 0 Å². The van der Waals surface area contributed by atoms with Crippen LogP contribution in [0.5, 0.6) is 0 Å². The smallest absolute Gasteiger partial charge is 0 e. The topological polar surface area (TPSA) is 17.1 Å². The first-order chi connectivity index (χ1) is 1.91. The van der Waals surface area contributed by atoms with Gasteiger partial charge in [-0.05, 0) is 6.29 Å². The molecule has 1 nitrogen and oxygen atoms in total. The normalized spacial score (nSPS) is 3.33. The van der Waals surface area contributed by atoms with E-state index in [1.165, 1.54) is 6.29 Å². The average molecular weight is 138 g/mol. The maximum atomic E-state index is 8.93. The van der Waals surface area contributed by atoms with Gasteiger partial charge in [-0.1, -0.05) is 0 Å². The Balaban J connectivity index is -0.0000000450. The van der Waals surface area contributed by atoms with Gasteiger partial charge in [0.15, 0.2) is 0 Å². The van der Waals surface area contributed by atoms with Crippen molar-refractivity contribution < 1.29 is 21.3 Å². The molecule has 0 aliphatic rings. The first-order valence-corrected chi connectivity index (χ1v) is 0.901. The van der Waals surface area contributed by atoms with E-state index >= 15 is 0 Å². The van der Waals surface area contributed by atoms with Crippen molar-refractivity contribution in [1.29, 1.82) is 0 Å². The van der Waals surface area contributed by atoms with Gasteiger partial charge in [-0.3, -0.25) is 0 Å². The molecule has 0 fully saturated rings. The molecule has 0 saturated heterocycles. The third-order valence-electron chi connectivity index (χ3n) is 0.0833. The third-order valence-corrected chi connectivity index (χ3v) is 0.0833. The zero-order chi connectivity index (χ0) is 3.41. The van der Waals surface area contributed by atoms with Crippen LogP contribution < -0.4 is 0 Å². The van der Waals surface area contributed by atoms with Crippen molar-refractivity contribution in [3.63, 3.8) is 0 Å². The molecule has 0 N–H and O–H groups in total. The summed E-state index contributed by atoms with van der Waals surface area (Å²) in [6.07, 6.45) is 2.51.